The van der Waals surface area contributed by atoms with Crippen LogP contribution in [0.25, 0.3) is 5.57 Å². The molecule has 0 aliphatic rings. The van der Waals surface area contributed by atoms with Crippen molar-refractivity contribution in [2.45, 2.75) is 6.92 Å². The molecule has 0 aliphatic heterocycles. The Labute approximate surface area is 90.6 Å². The Hall–Kier alpha value is -1.96. The fourth-order valence-electron chi connectivity index (χ4n) is 1.26. The molecule has 4 N–H and O–H groups in total. The van der Waals surface area contributed by atoms with Gasteiger partial charge in [-0.25, -0.2) is 0 Å². The lowest BCUT2D eigenvalue weighted by Gasteiger charge is -2.03. The number of benzene rings is 1. The summed E-state index contributed by atoms with van der Waals surface area (Å²) in [6.45, 7) is 5.59. The molecule has 0 unspecified atom stereocenters. The van der Waals surface area contributed by atoms with E-state index in [1.807, 2.05) is 43.3 Å². The lowest BCUT2D eigenvalue weighted by molar-refractivity contribution is 1.45. The average Bonchev–Trinajstić information content (AvgIpc) is 2.17. The largest absolute Gasteiger partial charge is 0.399 e. The van der Waals surface area contributed by atoms with Gasteiger partial charge in [0.1, 0.15) is 0 Å². The summed E-state index contributed by atoms with van der Waals surface area (Å²) < 4.78 is 0. The summed E-state index contributed by atoms with van der Waals surface area (Å²) in [4.78, 5) is 0. The van der Waals surface area contributed by atoms with Gasteiger partial charge < -0.3 is 11.5 Å². The molecule has 0 radical (unpaired) electrons. The van der Waals surface area contributed by atoms with Gasteiger partial charge in [-0.05, 0) is 24.6 Å². The number of hydrogen-bond acceptors (Lipinski definition) is 2. The van der Waals surface area contributed by atoms with Gasteiger partial charge in [0.25, 0.3) is 0 Å². The molecule has 1 rings (SSSR count). The Bertz CT molecular complexity index is 414. The van der Waals surface area contributed by atoms with Gasteiger partial charge in [0.05, 0.1) is 0 Å². The van der Waals surface area contributed by atoms with E-state index in [0.717, 1.165) is 16.8 Å². The van der Waals surface area contributed by atoms with Crippen LogP contribution in [-0.2, 0) is 0 Å². The van der Waals surface area contributed by atoms with Crippen LogP contribution in [0.2, 0.25) is 0 Å². The maximum absolute atomic E-state index is 5.85. The number of allylic oxidation sites excluding steroid dienone is 4. The van der Waals surface area contributed by atoms with Crippen molar-refractivity contribution in [3.8, 4) is 0 Å². The second kappa shape index (κ2) is 5.05. The van der Waals surface area contributed by atoms with Crippen LogP contribution >= 0.6 is 0 Å². The van der Waals surface area contributed by atoms with E-state index >= 15 is 0 Å². The topological polar surface area (TPSA) is 52.0 Å². The predicted molar refractivity (Wildman–Crippen MR) is 67.0 cm³/mol. The van der Waals surface area contributed by atoms with Gasteiger partial charge in [-0.3, -0.25) is 0 Å². The molecule has 0 heterocycles. The highest BCUT2D eigenvalue weighted by molar-refractivity contribution is 5.74. The van der Waals surface area contributed by atoms with Crippen LogP contribution in [0.4, 0.5) is 5.69 Å². The standard InChI is InChI=1S/C13H16N2/c1-10(6-5-7-11(2)14)12-8-3-4-9-13(12)15/h3-9H,2,14-15H2,1H3/b7-5-,10-6+. The first-order valence-electron chi connectivity index (χ1n) is 4.75. The summed E-state index contributed by atoms with van der Waals surface area (Å²) in [5.74, 6) is 0. The first kappa shape index (κ1) is 11.1. The Morgan fingerprint density at radius 2 is 2.00 bits per heavy atom. The molecule has 0 aliphatic carbocycles. The van der Waals surface area contributed by atoms with Crippen LogP contribution in [0.3, 0.4) is 0 Å². The zero-order valence-corrected chi connectivity index (χ0v) is 8.90. The van der Waals surface area contributed by atoms with Crippen LogP contribution in [0.1, 0.15) is 12.5 Å². The smallest absolute Gasteiger partial charge is 0.0390 e. The summed E-state index contributed by atoms with van der Waals surface area (Å²) >= 11 is 0. The molecule has 15 heavy (non-hydrogen) atoms. The van der Waals surface area contributed by atoms with Crippen molar-refractivity contribution in [1.82, 2.24) is 0 Å². The number of rotatable bonds is 3. The quantitative estimate of drug-likeness (QED) is 0.582. The Kier molecular flexibility index (Phi) is 3.75. The summed E-state index contributed by atoms with van der Waals surface area (Å²) in [6, 6.07) is 7.77. The summed E-state index contributed by atoms with van der Waals surface area (Å²) in [6.07, 6.45) is 5.58. The molecular weight excluding hydrogens is 184 g/mol. The maximum Gasteiger partial charge on any atom is 0.0390 e. The number of anilines is 1. The molecule has 1 aromatic rings. The second-order valence-corrected chi connectivity index (χ2v) is 3.37. The molecule has 0 saturated heterocycles. The zero-order valence-electron chi connectivity index (χ0n) is 8.90. The van der Waals surface area contributed by atoms with E-state index in [2.05, 4.69) is 6.58 Å². The van der Waals surface area contributed by atoms with E-state index in [9.17, 15) is 0 Å². The van der Waals surface area contributed by atoms with Crippen LogP contribution in [0.15, 0.2) is 54.8 Å². The first-order chi connectivity index (χ1) is 7.11. The van der Waals surface area contributed by atoms with Gasteiger partial charge in [-0.1, -0.05) is 36.9 Å². The highest BCUT2D eigenvalue weighted by Crippen LogP contribution is 2.20. The Morgan fingerprint density at radius 3 is 2.60 bits per heavy atom. The van der Waals surface area contributed by atoms with Crippen LogP contribution in [-0.4, -0.2) is 0 Å². The van der Waals surface area contributed by atoms with Gasteiger partial charge in [0.15, 0.2) is 0 Å². The molecule has 0 bridgehead atoms. The van der Waals surface area contributed by atoms with E-state index in [1.54, 1.807) is 6.08 Å². The number of nitrogen functional groups attached to an aromatic ring is 1. The van der Waals surface area contributed by atoms with E-state index in [-0.39, 0.29) is 0 Å². The molecule has 2 nitrogen and oxygen atoms in total. The fraction of sp³-hybridized carbons (Fsp3) is 0.0769. The van der Waals surface area contributed by atoms with Crippen molar-refractivity contribution in [3.05, 3.63) is 60.3 Å². The van der Waals surface area contributed by atoms with E-state index in [1.165, 1.54) is 0 Å². The minimum Gasteiger partial charge on any atom is -0.399 e. The normalized spacial score (nSPS) is 11.9. The lowest BCUT2D eigenvalue weighted by Crippen LogP contribution is -1.91. The second-order valence-electron chi connectivity index (χ2n) is 3.37. The minimum absolute atomic E-state index is 0.542. The molecule has 0 saturated carbocycles. The third-order valence-corrected chi connectivity index (χ3v) is 2.04. The molecule has 0 aromatic heterocycles. The zero-order chi connectivity index (χ0) is 11.3. The highest BCUT2D eigenvalue weighted by Gasteiger charge is 1.97. The third kappa shape index (κ3) is 3.35. The molecule has 0 amide bonds. The van der Waals surface area contributed by atoms with Gasteiger partial charge in [-0.2, -0.15) is 0 Å². The number of hydrogen-bond donors (Lipinski definition) is 2. The summed E-state index contributed by atoms with van der Waals surface area (Å²) in [5, 5.41) is 0. The fourth-order valence-corrected chi connectivity index (χ4v) is 1.26. The van der Waals surface area contributed by atoms with Crippen molar-refractivity contribution in [1.29, 1.82) is 0 Å². The lowest BCUT2D eigenvalue weighted by atomic mass is 10.1. The molecule has 1 aromatic carbocycles. The average molecular weight is 200 g/mol. The van der Waals surface area contributed by atoms with E-state index < -0.39 is 0 Å². The number of para-hydroxylation sites is 1. The van der Waals surface area contributed by atoms with Gasteiger partial charge in [0.2, 0.25) is 0 Å². The first-order valence-corrected chi connectivity index (χ1v) is 4.75. The Balaban J connectivity index is 2.90. The van der Waals surface area contributed by atoms with Crippen molar-refractivity contribution < 1.29 is 0 Å². The molecule has 0 atom stereocenters. The Morgan fingerprint density at radius 1 is 1.33 bits per heavy atom. The monoisotopic (exact) mass is 200 g/mol. The van der Waals surface area contributed by atoms with Crippen molar-refractivity contribution in [2.75, 3.05) is 5.73 Å². The van der Waals surface area contributed by atoms with E-state index in [4.69, 9.17) is 11.5 Å². The predicted octanol–water partition coefficient (Wildman–Crippen LogP) is 2.70. The highest BCUT2D eigenvalue weighted by atomic mass is 14.6. The van der Waals surface area contributed by atoms with Crippen molar-refractivity contribution in [2.24, 2.45) is 5.73 Å². The SMILES string of the molecule is C=C(N)/C=C\C=C(/C)c1ccccc1N. The van der Waals surface area contributed by atoms with Gasteiger partial charge >= 0.3 is 0 Å². The third-order valence-electron chi connectivity index (χ3n) is 2.04. The van der Waals surface area contributed by atoms with Gasteiger partial charge in [-0.15, -0.1) is 0 Å². The van der Waals surface area contributed by atoms with E-state index in [0.29, 0.717) is 5.70 Å². The van der Waals surface area contributed by atoms with Crippen molar-refractivity contribution in [3.63, 3.8) is 0 Å². The number of nitrogens with two attached hydrogens (primary N) is 2. The summed E-state index contributed by atoms with van der Waals surface area (Å²) in [7, 11) is 0. The molecular formula is C13H16N2. The molecule has 0 fully saturated rings. The molecule has 0 spiro atoms. The summed E-state index contributed by atoms with van der Waals surface area (Å²) in [5.41, 5.74) is 14.7. The van der Waals surface area contributed by atoms with Crippen LogP contribution < -0.4 is 11.5 Å². The maximum atomic E-state index is 5.85. The van der Waals surface area contributed by atoms with Gasteiger partial charge in [0, 0.05) is 16.9 Å². The minimum atomic E-state index is 0.542. The molecule has 78 valence electrons. The van der Waals surface area contributed by atoms with Crippen molar-refractivity contribution >= 4 is 11.3 Å². The molecule has 2 heteroatoms. The van der Waals surface area contributed by atoms with Crippen LogP contribution in [0.5, 0.6) is 0 Å². The van der Waals surface area contributed by atoms with Crippen LogP contribution in [0, 0.1) is 0 Å².